The molecule has 1 N–H and O–H groups in total. The van der Waals surface area contributed by atoms with Crippen molar-refractivity contribution in [2.75, 3.05) is 13.2 Å². The van der Waals surface area contributed by atoms with Crippen LogP contribution in [-0.2, 0) is 29.1 Å². The predicted octanol–water partition coefficient (Wildman–Crippen LogP) is 0.990. The predicted molar refractivity (Wildman–Crippen MR) is 97.0 cm³/mol. The van der Waals surface area contributed by atoms with Crippen LogP contribution in [-0.4, -0.2) is 50.3 Å². The smallest absolute Gasteiger partial charge is 0.324 e. The number of hydrogen-bond donors (Lipinski definition) is 1. The van der Waals surface area contributed by atoms with Crippen LogP contribution in [0.5, 0.6) is 0 Å². The molecule has 1 heterocycles. The van der Waals surface area contributed by atoms with E-state index in [4.69, 9.17) is 4.74 Å². The monoisotopic (exact) mass is 396 g/mol. The Morgan fingerprint density at radius 1 is 1.22 bits per heavy atom. The molecular formula is C18H24N2O6S. The third-order valence-electron chi connectivity index (χ3n) is 4.25. The number of nitrogens with one attached hydrogen (secondary N) is 1. The van der Waals surface area contributed by atoms with Gasteiger partial charge in [-0.25, -0.2) is 8.42 Å². The molecule has 0 radical (unpaired) electrons. The van der Waals surface area contributed by atoms with Crippen LogP contribution >= 0.6 is 0 Å². The topological polar surface area (TPSA) is 110 Å². The molecule has 0 spiro atoms. The molecule has 2 rings (SSSR count). The van der Waals surface area contributed by atoms with Crippen LogP contribution in [0.2, 0.25) is 0 Å². The lowest BCUT2D eigenvalue weighted by Gasteiger charge is -2.21. The Bertz CT molecular complexity index is 817. The fraction of sp³-hybridized carbons (Fsp3) is 0.500. The summed E-state index contributed by atoms with van der Waals surface area (Å²) in [6.07, 6.45) is 0.883. The average molecular weight is 396 g/mol. The minimum absolute atomic E-state index is 0.0327. The van der Waals surface area contributed by atoms with E-state index in [-0.39, 0.29) is 10.8 Å². The van der Waals surface area contributed by atoms with Gasteiger partial charge in [0.05, 0.1) is 4.90 Å². The maximum Gasteiger partial charge on any atom is 0.324 e. The van der Waals surface area contributed by atoms with Crippen molar-refractivity contribution in [3.63, 3.8) is 0 Å². The van der Waals surface area contributed by atoms with Crippen LogP contribution in [0.25, 0.3) is 0 Å². The van der Waals surface area contributed by atoms with Crippen LogP contribution in [0.1, 0.15) is 32.3 Å². The van der Waals surface area contributed by atoms with Gasteiger partial charge in [-0.3, -0.25) is 19.3 Å². The minimum Gasteiger partial charge on any atom is -0.454 e. The van der Waals surface area contributed by atoms with E-state index in [1.54, 1.807) is 26.0 Å². The molecule has 0 bridgehead atoms. The van der Waals surface area contributed by atoms with Crippen molar-refractivity contribution < 1.29 is 27.5 Å². The summed E-state index contributed by atoms with van der Waals surface area (Å²) in [7, 11) is -3.93. The molecule has 2 amide bonds. The molecule has 1 saturated heterocycles. The number of carbonyl (C=O) groups excluding carboxylic acids is 3. The van der Waals surface area contributed by atoms with Gasteiger partial charge in [0.15, 0.2) is 6.61 Å². The highest BCUT2D eigenvalue weighted by atomic mass is 32.2. The van der Waals surface area contributed by atoms with E-state index < -0.39 is 40.5 Å². The first-order valence-electron chi connectivity index (χ1n) is 8.70. The molecule has 1 aromatic rings. The maximum absolute atomic E-state index is 12.5. The van der Waals surface area contributed by atoms with Gasteiger partial charge in [0, 0.05) is 13.0 Å². The van der Waals surface area contributed by atoms with Crippen molar-refractivity contribution >= 4 is 27.8 Å². The number of amides is 2. The first-order chi connectivity index (χ1) is 12.6. The third-order valence-corrected chi connectivity index (χ3v) is 5.70. The second kappa shape index (κ2) is 8.62. The quantitative estimate of drug-likeness (QED) is 0.688. The number of carbonyl (C=O) groups is 3. The van der Waals surface area contributed by atoms with Crippen molar-refractivity contribution in [1.29, 1.82) is 0 Å². The summed E-state index contributed by atoms with van der Waals surface area (Å²) in [5, 5.41) is 0. The van der Waals surface area contributed by atoms with Gasteiger partial charge in [-0.2, -0.15) is 4.72 Å². The first kappa shape index (κ1) is 21.0. The Morgan fingerprint density at radius 2 is 1.85 bits per heavy atom. The highest BCUT2D eigenvalue weighted by Gasteiger charge is 2.32. The maximum atomic E-state index is 12.5. The van der Waals surface area contributed by atoms with E-state index in [1.807, 2.05) is 6.92 Å². The number of aryl methyl sites for hydroxylation is 1. The highest BCUT2D eigenvalue weighted by molar-refractivity contribution is 7.89. The van der Waals surface area contributed by atoms with Gasteiger partial charge < -0.3 is 4.74 Å². The van der Waals surface area contributed by atoms with E-state index in [0.29, 0.717) is 19.4 Å². The van der Waals surface area contributed by atoms with E-state index >= 15 is 0 Å². The van der Waals surface area contributed by atoms with Gasteiger partial charge in [0.25, 0.3) is 5.91 Å². The number of sulfonamides is 1. The second-order valence-corrected chi connectivity index (χ2v) is 8.52. The molecule has 1 aliphatic rings. The summed E-state index contributed by atoms with van der Waals surface area (Å²) < 4.78 is 32.3. The first-order valence-corrected chi connectivity index (χ1v) is 10.2. The molecule has 0 saturated carbocycles. The lowest BCUT2D eigenvalue weighted by Crippen LogP contribution is -2.46. The van der Waals surface area contributed by atoms with Crippen molar-refractivity contribution in [3.8, 4) is 0 Å². The molecule has 8 nitrogen and oxygen atoms in total. The van der Waals surface area contributed by atoms with E-state index in [9.17, 15) is 22.8 Å². The van der Waals surface area contributed by atoms with E-state index in [2.05, 4.69) is 4.72 Å². The zero-order chi connectivity index (χ0) is 20.2. The molecular weight excluding hydrogens is 372 g/mol. The fourth-order valence-corrected chi connectivity index (χ4v) is 3.95. The Labute approximate surface area is 158 Å². The average Bonchev–Trinajstić information content (AvgIpc) is 3.03. The van der Waals surface area contributed by atoms with Gasteiger partial charge in [0.1, 0.15) is 6.04 Å². The standard InChI is InChI=1S/C18H24N2O6S/c1-12(2)17(19-27(24,25)14-8-6-13(3)7-9-14)18(23)26-11-16(22)20-10-4-5-15(20)21/h6-9,12,17,19H,4-5,10-11H2,1-3H3/t17-/m0/s1. The van der Waals surface area contributed by atoms with Gasteiger partial charge in [-0.05, 0) is 31.4 Å². The molecule has 1 fully saturated rings. The van der Waals surface area contributed by atoms with Crippen LogP contribution in [0.15, 0.2) is 29.2 Å². The van der Waals surface area contributed by atoms with Gasteiger partial charge in [-0.15, -0.1) is 0 Å². The lowest BCUT2D eigenvalue weighted by molar-refractivity contribution is -0.156. The molecule has 0 aliphatic carbocycles. The summed E-state index contributed by atoms with van der Waals surface area (Å²) in [5.41, 5.74) is 0.906. The van der Waals surface area contributed by atoms with Gasteiger partial charge in [-0.1, -0.05) is 31.5 Å². The Kier molecular flexibility index (Phi) is 6.72. The van der Waals surface area contributed by atoms with E-state index in [0.717, 1.165) is 10.5 Å². The zero-order valence-electron chi connectivity index (χ0n) is 15.6. The van der Waals surface area contributed by atoms with Gasteiger partial charge in [0.2, 0.25) is 15.9 Å². The number of nitrogens with zero attached hydrogens (tertiary/aromatic N) is 1. The highest BCUT2D eigenvalue weighted by Crippen LogP contribution is 2.14. The fourth-order valence-electron chi connectivity index (χ4n) is 2.62. The van der Waals surface area contributed by atoms with Crippen molar-refractivity contribution in [1.82, 2.24) is 9.62 Å². The summed E-state index contributed by atoms with van der Waals surface area (Å²) in [6, 6.07) is 5.05. The SMILES string of the molecule is Cc1ccc(S(=O)(=O)N[C@H](C(=O)OCC(=O)N2CCCC2=O)C(C)C)cc1. The van der Waals surface area contributed by atoms with Crippen LogP contribution in [0.3, 0.4) is 0 Å². The number of likely N-dealkylation sites (tertiary alicyclic amines) is 1. The number of esters is 1. The third kappa shape index (κ3) is 5.36. The van der Waals surface area contributed by atoms with E-state index in [1.165, 1.54) is 12.1 Å². The minimum atomic E-state index is -3.93. The van der Waals surface area contributed by atoms with Crippen molar-refractivity contribution in [2.24, 2.45) is 5.92 Å². The molecule has 1 atom stereocenters. The number of benzene rings is 1. The molecule has 1 aliphatic heterocycles. The Morgan fingerprint density at radius 3 is 2.37 bits per heavy atom. The number of hydrogen-bond acceptors (Lipinski definition) is 6. The summed E-state index contributed by atoms with van der Waals surface area (Å²) >= 11 is 0. The summed E-state index contributed by atoms with van der Waals surface area (Å²) in [5.74, 6) is -2.16. The van der Waals surface area contributed by atoms with Crippen LogP contribution in [0, 0.1) is 12.8 Å². The zero-order valence-corrected chi connectivity index (χ0v) is 16.4. The normalized spacial score (nSPS) is 15.9. The Balaban J connectivity index is 2.03. The van der Waals surface area contributed by atoms with Crippen LogP contribution in [0.4, 0.5) is 0 Å². The lowest BCUT2D eigenvalue weighted by atomic mass is 10.1. The summed E-state index contributed by atoms with van der Waals surface area (Å²) in [4.78, 5) is 37.0. The number of rotatable bonds is 7. The van der Waals surface area contributed by atoms with Gasteiger partial charge >= 0.3 is 5.97 Å². The Hall–Kier alpha value is -2.26. The molecule has 0 unspecified atom stereocenters. The molecule has 27 heavy (non-hydrogen) atoms. The molecule has 1 aromatic carbocycles. The van der Waals surface area contributed by atoms with Crippen molar-refractivity contribution in [3.05, 3.63) is 29.8 Å². The largest absolute Gasteiger partial charge is 0.454 e. The van der Waals surface area contributed by atoms with Crippen molar-refractivity contribution in [2.45, 2.75) is 44.6 Å². The molecule has 148 valence electrons. The number of ether oxygens (including phenoxy) is 1. The molecule has 0 aromatic heterocycles. The van der Waals surface area contributed by atoms with Crippen LogP contribution < -0.4 is 4.72 Å². The summed E-state index contributed by atoms with van der Waals surface area (Å²) in [6.45, 7) is 4.87. The molecule has 9 heteroatoms. The number of imide groups is 1. The second-order valence-electron chi connectivity index (χ2n) is 6.81.